The highest BCUT2D eigenvalue weighted by molar-refractivity contribution is 5.69. The molecule has 0 aromatic rings. The number of rotatable bonds is 9. The van der Waals surface area contributed by atoms with Crippen molar-refractivity contribution in [3.05, 3.63) is 24.3 Å². The molecule has 0 aromatic heterocycles. The van der Waals surface area contributed by atoms with Crippen molar-refractivity contribution in [2.45, 2.75) is 65.2 Å². The SMILES string of the molecule is C/C=C\C#CC#CCCCCCOC(=O)CCCCC#CC#C/C=C\C. The third-order valence-corrected chi connectivity index (χ3v) is 3.09. The molecular weight excluding hydrogens is 320 g/mol. The minimum absolute atomic E-state index is 0.120. The number of allylic oxidation sites excluding steroid dienone is 4. The molecule has 0 saturated carbocycles. The maximum Gasteiger partial charge on any atom is 0.305 e. The van der Waals surface area contributed by atoms with E-state index in [1.165, 1.54) is 0 Å². The van der Waals surface area contributed by atoms with Gasteiger partial charge in [0.05, 0.1) is 6.61 Å². The van der Waals surface area contributed by atoms with Crippen molar-refractivity contribution in [2.24, 2.45) is 0 Å². The number of esters is 1. The van der Waals surface area contributed by atoms with Crippen LogP contribution >= 0.6 is 0 Å². The summed E-state index contributed by atoms with van der Waals surface area (Å²) in [4.78, 5) is 11.6. The van der Waals surface area contributed by atoms with E-state index in [4.69, 9.17) is 4.74 Å². The summed E-state index contributed by atoms with van der Waals surface area (Å²) in [7, 11) is 0. The second-order valence-corrected chi connectivity index (χ2v) is 5.38. The van der Waals surface area contributed by atoms with Gasteiger partial charge in [0, 0.05) is 19.3 Å². The van der Waals surface area contributed by atoms with Crippen molar-refractivity contribution in [3.63, 3.8) is 0 Å². The lowest BCUT2D eigenvalue weighted by Crippen LogP contribution is -2.05. The summed E-state index contributed by atoms with van der Waals surface area (Å²) >= 11 is 0. The van der Waals surface area contributed by atoms with E-state index in [1.807, 2.05) is 26.0 Å². The van der Waals surface area contributed by atoms with Crippen LogP contribution in [0, 0.1) is 47.4 Å². The molecule has 0 amide bonds. The molecule has 0 fully saturated rings. The van der Waals surface area contributed by atoms with Crippen molar-refractivity contribution < 1.29 is 9.53 Å². The molecule has 0 radical (unpaired) electrons. The standard InChI is InChI=1S/C24H28O2/c1-3-5-7-9-11-13-15-17-19-21-23-26-24(25)22-20-18-16-14-12-10-8-6-4-2/h3-6H,15-23H2,1-2H3/b5-3-,6-4-. The number of carbonyl (C=O) groups is 1. The highest BCUT2D eigenvalue weighted by Gasteiger charge is 2.01. The molecule has 0 rings (SSSR count). The van der Waals surface area contributed by atoms with E-state index in [0.717, 1.165) is 44.9 Å². The third-order valence-electron chi connectivity index (χ3n) is 3.09. The Kier molecular flexibility index (Phi) is 18.0. The molecule has 0 spiro atoms. The molecule has 0 aliphatic rings. The van der Waals surface area contributed by atoms with E-state index >= 15 is 0 Å². The lowest BCUT2D eigenvalue weighted by molar-refractivity contribution is -0.143. The van der Waals surface area contributed by atoms with E-state index in [9.17, 15) is 4.79 Å². The fourth-order valence-electron chi connectivity index (χ4n) is 1.77. The normalized spacial score (nSPS) is 9.15. The van der Waals surface area contributed by atoms with Crippen LogP contribution in [-0.2, 0) is 9.53 Å². The van der Waals surface area contributed by atoms with E-state index in [1.54, 1.807) is 12.2 Å². The zero-order valence-corrected chi connectivity index (χ0v) is 16.0. The zero-order chi connectivity index (χ0) is 19.1. The maximum atomic E-state index is 11.6. The first kappa shape index (κ1) is 23.2. The smallest absolute Gasteiger partial charge is 0.305 e. The van der Waals surface area contributed by atoms with Gasteiger partial charge in [-0.1, -0.05) is 35.8 Å². The van der Waals surface area contributed by atoms with Crippen LogP contribution in [-0.4, -0.2) is 12.6 Å². The van der Waals surface area contributed by atoms with Crippen LogP contribution < -0.4 is 0 Å². The quantitative estimate of drug-likeness (QED) is 0.339. The Balaban J connectivity index is 3.50. The van der Waals surface area contributed by atoms with Gasteiger partial charge < -0.3 is 4.74 Å². The molecule has 2 heteroatoms. The molecule has 136 valence electrons. The molecule has 0 aliphatic heterocycles. The summed E-state index contributed by atoms with van der Waals surface area (Å²) in [6, 6.07) is 0. The van der Waals surface area contributed by atoms with Crippen LogP contribution in [0.1, 0.15) is 65.2 Å². The van der Waals surface area contributed by atoms with Crippen LogP contribution in [0.3, 0.4) is 0 Å². The molecule has 0 saturated heterocycles. The van der Waals surface area contributed by atoms with Gasteiger partial charge in [-0.25, -0.2) is 0 Å². The van der Waals surface area contributed by atoms with Crippen LogP contribution in [0.25, 0.3) is 0 Å². The molecule has 0 aromatic carbocycles. The van der Waals surface area contributed by atoms with Gasteiger partial charge in [0.15, 0.2) is 0 Å². The fourth-order valence-corrected chi connectivity index (χ4v) is 1.77. The van der Waals surface area contributed by atoms with Crippen LogP contribution in [0.15, 0.2) is 24.3 Å². The van der Waals surface area contributed by atoms with Gasteiger partial charge in [-0.05, 0) is 81.8 Å². The first-order valence-corrected chi connectivity index (χ1v) is 9.16. The highest BCUT2D eigenvalue weighted by Crippen LogP contribution is 2.03. The van der Waals surface area contributed by atoms with Crippen molar-refractivity contribution in [3.8, 4) is 47.4 Å². The molecule has 26 heavy (non-hydrogen) atoms. The number of carbonyl (C=O) groups excluding carboxylic acids is 1. The third kappa shape index (κ3) is 19.2. The van der Waals surface area contributed by atoms with E-state index in [0.29, 0.717) is 13.0 Å². The van der Waals surface area contributed by atoms with Gasteiger partial charge in [-0.3, -0.25) is 4.79 Å². The minimum Gasteiger partial charge on any atom is -0.466 e. The van der Waals surface area contributed by atoms with Gasteiger partial charge >= 0.3 is 5.97 Å². The van der Waals surface area contributed by atoms with Crippen LogP contribution in [0.5, 0.6) is 0 Å². The number of ether oxygens (including phenoxy) is 1. The molecule has 2 nitrogen and oxygen atoms in total. The first-order chi connectivity index (χ1) is 12.8. The second-order valence-electron chi connectivity index (χ2n) is 5.38. The van der Waals surface area contributed by atoms with Crippen molar-refractivity contribution in [1.82, 2.24) is 0 Å². The summed E-state index contributed by atoms with van der Waals surface area (Å²) < 4.78 is 5.22. The Labute approximate surface area is 159 Å². The van der Waals surface area contributed by atoms with E-state index < -0.39 is 0 Å². The molecule has 0 unspecified atom stereocenters. The van der Waals surface area contributed by atoms with Gasteiger partial charge in [-0.2, -0.15) is 0 Å². The van der Waals surface area contributed by atoms with Crippen molar-refractivity contribution >= 4 is 5.97 Å². The summed E-state index contributed by atoms with van der Waals surface area (Å²) in [5, 5.41) is 0. The topological polar surface area (TPSA) is 26.3 Å². The second kappa shape index (κ2) is 20.2. The summed E-state index contributed by atoms with van der Waals surface area (Å²) in [6.07, 6.45) is 13.9. The molecule has 0 aliphatic carbocycles. The summed E-state index contributed by atoms with van der Waals surface area (Å²) in [5.74, 6) is 22.6. The van der Waals surface area contributed by atoms with E-state index in [2.05, 4.69) is 47.4 Å². The van der Waals surface area contributed by atoms with Crippen molar-refractivity contribution in [1.29, 1.82) is 0 Å². The lowest BCUT2D eigenvalue weighted by atomic mass is 10.2. The average Bonchev–Trinajstić information content (AvgIpc) is 2.64. The largest absolute Gasteiger partial charge is 0.466 e. The van der Waals surface area contributed by atoms with Gasteiger partial charge in [0.25, 0.3) is 0 Å². The predicted molar refractivity (Wildman–Crippen MR) is 109 cm³/mol. The number of unbranched alkanes of at least 4 members (excludes halogenated alkanes) is 5. The molecule has 0 atom stereocenters. The number of hydrogen-bond acceptors (Lipinski definition) is 2. The lowest BCUT2D eigenvalue weighted by Gasteiger charge is -2.03. The van der Waals surface area contributed by atoms with Crippen molar-refractivity contribution in [2.75, 3.05) is 6.61 Å². The minimum atomic E-state index is -0.120. The monoisotopic (exact) mass is 348 g/mol. The highest BCUT2D eigenvalue weighted by atomic mass is 16.5. The number of hydrogen-bond donors (Lipinski definition) is 0. The van der Waals surface area contributed by atoms with Crippen LogP contribution in [0.2, 0.25) is 0 Å². The van der Waals surface area contributed by atoms with Crippen LogP contribution in [0.4, 0.5) is 0 Å². The summed E-state index contributed by atoms with van der Waals surface area (Å²) in [5.41, 5.74) is 0. The Bertz CT molecular complexity index is 679. The Morgan fingerprint density at radius 2 is 1.35 bits per heavy atom. The zero-order valence-electron chi connectivity index (χ0n) is 16.0. The Morgan fingerprint density at radius 3 is 1.92 bits per heavy atom. The first-order valence-electron chi connectivity index (χ1n) is 9.16. The average molecular weight is 348 g/mol. The predicted octanol–water partition coefficient (Wildman–Crippen LogP) is 4.82. The van der Waals surface area contributed by atoms with E-state index in [-0.39, 0.29) is 5.97 Å². The molecule has 0 bridgehead atoms. The molecule has 0 heterocycles. The summed E-state index contributed by atoms with van der Waals surface area (Å²) in [6.45, 7) is 4.34. The van der Waals surface area contributed by atoms with Gasteiger partial charge in [0.1, 0.15) is 0 Å². The molecular formula is C24H28O2. The van der Waals surface area contributed by atoms with Gasteiger partial charge in [-0.15, -0.1) is 0 Å². The Hall–Kier alpha value is -2.81. The molecule has 0 N–H and O–H groups in total. The van der Waals surface area contributed by atoms with Gasteiger partial charge in [0.2, 0.25) is 0 Å². The maximum absolute atomic E-state index is 11.6. The Morgan fingerprint density at radius 1 is 0.769 bits per heavy atom. The fraction of sp³-hybridized carbons (Fsp3) is 0.458.